The molecule has 4 rings (SSSR count). The number of imidazole rings is 1. The number of nitrogen functional groups attached to an aromatic ring is 1. The lowest BCUT2D eigenvalue weighted by Crippen LogP contribution is -2.33. The monoisotopic (exact) mass is 820 g/mol. The molecule has 0 aliphatic carbocycles. The number of phosphoric ester groups is 2. The zero-order valence-corrected chi connectivity index (χ0v) is 30.8. The maximum atomic E-state index is 12.4. The van der Waals surface area contributed by atoms with Gasteiger partial charge in [-0.2, -0.15) is 8.62 Å². The number of urea groups is 1. The van der Waals surface area contributed by atoms with Crippen LogP contribution in [0.15, 0.2) is 6.33 Å². The van der Waals surface area contributed by atoms with E-state index in [1.165, 1.54) is 10.9 Å². The van der Waals surface area contributed by atoms with Crippen LogP contribution in [-0.4, -0.2) is 106 Å². The minimum absolute atomic E-state index is 0.00936. The van der Waals surface area contributed by atoms with E-state index in [0.717, 1.165) is 19.3 Å². The van der Waals surface area contributed by atoms with Crippen LogP contribution in [0.3, 0.4) is 0 Å². The number of H-pyrrole nitrogens is 1. The summed E-state index contributed by atoms with van der Waals surface area (Å²) in [4.78, 5) is 75.4. The van der Waals surface area contributed by atoms with E-state index < -0.39 is 67.0 Å². The molecule has 0 saturated carbocycles. The summed E-state index contributed by atoms with van der Waals surface area (Å²) >= 11 is 5.08. The van der Waals surface area contributed by atoms with Gasteiger partial charge in [-0.25, -0.2) is 28.5 Å². The molecule has 2 aromatic rings. The number of amides is 3. The molecule has 5 unspecified atom stereocenters. The first-order chi connectivity index (χ1) is 24.3. The van der Waals surface area contributed by atoms with Crippen molar-refractivity contribution in [2.24, 2.45) is 0 Å². The number of aromatic nitrogens is 4. The van der Waals surface area contributed by atoms with Gasteiger partial charge >= 0.3 is 35.5 Å². The fourth-order valence-electron chi connectivity index (χ4n) is 5.24. The van der Waals surface area contributed by atoms with E-state index in [1.807, 2.05) is 6.92 Å². The topological polar surface area (TPSA) is 358 Å². The third-order valence-corrected chi connectivity index (χ3v) is 12.2. The minimum atomic E-state index is -5.95. The molecule has 0 bridgehead atoms. The van der Waals surface area contributed by atoms with Crippen LogP contribution < -0.4 is 21.7 Å². The van der Waals surface area contributed by atoms with Gasteiger partial charge in [0.25, 0.3) is 0 Å². The molecule has 2 aliphatic rings. The van der Waals surface area contributed by atoms with Crippen molar-refractivity contribution < 1.29 is 75.4 Å². The average molecular weight is 821 g/mol. The van der Waals surface area contributed by atoms with Crippen molar-refractivity contribution in [1.29, 1.82) is 0 Å². The Labute approximate surface area is 299 Å². The van der Waals surface area contributed by atoms with Gasteiger partial charge < -0.3 is 55.9 Å². The molecule has 0 aromatic carbocycles. The van der Waals surface area contributed by atoms with Gasteiger partial charge in [-0.3, -0.25) is 23.6 Å². The second kappa shape index (κ2) is 17.5. The third-order valence-electron chi connectivity index (χ3n) is 7.69. The summed E-state index contributed by atoms with van der Waals surface area (Å²) < 4.78 is 60.2. The van der Waals surface area contributed by atoms with Crippen LogP contribution >= 0.6 is 35.7 Å². The highest BCUT2D eigenvalue weighted by Crippen LogP contribution is 2.67. The number of nitrogens with zero attached hydrogens (tertiary/aromatic N) is 3. The lowest BCUT2D eigenvalue weighted by Gasteiger charge is -2.20. The number of fused-ring (bicyclic) bond motifs is 1. The van der Waals surface area contributed by atoms with Gasteiger partial charge in [0.15, 0.2) is 16.8 Å². The van der Waals surface area contributed by atoms with Crippen molar-refractivity contribution in [3.63, 3.8) is 0 Å². The molecule has 0 radical (unpaired) electrons. The van der Waals surface area contributed by atoms with Crippen molar-refractivity contribution in [1.82, 2.24) is 35.5 Å². The molecule has 52 heavy (non-hydrogen) atoms. The molecule has 11 N–H and O–H groups in total. The Morgan fingerprint density at radius 1 is 1.04 bits per heavy atom. The molecule has 28 heteroatoms. The van der Waals surface area contributed by atoms with Crippen molar-refractivity contribution in [3.8, 4) is 0 Å². The van der Waals surface area contributed by atoms with Crippen molar-refractivity contribution in [2.75, 3.05) is 18.9 Å². The Hall–Kier alpha value is -2.89. The number of aliphatic hydroxyl groups excluding tert-OH is 2. The highest BCUT2D eigenvalue weighted by atomic mass is 32.1. The molecule has 4 heterocycles. The van der Waals surface area contributed by atoms with Crippen molar-refractivity contribution in [3.05, 3.63) is 11.0 Å². The fourth-order valence-corrected chi connectivity index (χ4v) is 8.97. The summed E-state index contributed by atoms with van der Waals surface area (Å²) in [5.74, 6) is -1.77. The number of phosphoric acid groups is 3. The number of aliphatic hydroxyl groups is 2. The molecular weight excluding hydrogens is 781 g/mol. The summed E-state index contributed by atoms with van der Waals surface area (Å²) in [5, 5.41) is 29.1. The van der Waals surface area contributed by atoms with Crippen LogP contribution in [0.1, 0.15) is 58.1 Å². The first-order valence-electron chi connectivity index (χ1n) is 15.6. The highest BCUT2D eigenvalue weighted by molar-refractivity contribution is 7.71. The molecule has 2 saturated heterocycles. The lowest BCUT2D eigenvalue weighted by molar-refractivity contribution is -0.135. The number of carbonyl (C=O) groups is 3. The van der Waals surface area contributed by atoms with E-state index in [-0.39, 0.29) is 65.2 Å². The number of rotatable bonds is 19. The summed E-state index contributed by atoms with van der Waals surface area (Å²) in [6, 6.07) is -0.148. The molecule has 2 aromatic heterocycles. The van der Waals surface area contributed by atoms with Gasteiger partial charge in [-0.15, -0.1) is 0 Å². The number of ether oxygens (including phenoxy) is 1. The lowest BCUT2D eigenvalue weighted by atomic mass is 10.0. The molecule has 9 atom stereocenters. The van der Waals surface area contributed by atoms with Gasteiger partial charge in [-0.05, 0) is 26.2 Å². The van der Waals surface area contributed by atoms with E-state index in [1.54, 1.807) is 0 Å². The average Bonchev–Trinajstić information content (AvgIpc) is 3.66. The maximum absolute atomic E-state index is 12.4. The Bertz CT molecular complexity index is 1830. The Morgan fingerprint density at radius 2 is 1.75 bits per heavy atom. The number of hydrogen-bond donors (Lipinski definition) is 10. The van der Waals surface area contributed by atoms with E-state index in [4.69, 9.17) is 22.7 Å². The number of nitrogens with two attached hydrogens (primary N) is 1. The van der Waals surface area contributed by atoms with Crippen molar-refractivity contribution in [2.45, 2.75) is 88.5 Å². The smallest absolute Gasteiger partial charge is 0.387 e. The normalized spacial score (nSPS) is 26.5. The number of hydrogen-bond acceptors (Lipinski definition) is 17. The number of unbranched alkanes of at least 4 members (excludes halogenated alkanes) is 2. The first-order valence-corrected chi connectivity index (χ1v) is 20.5. The number of anilines is 1. The SMILES string of the molecule is CC1NC(=O)NC1CCCCCC(=O)NCCCC(=O)OP(=O)(O)OP(=O)(O)OP(=O)(O)OC[C@H]1O[C@@H](n2cnc3c(=S)nc(N)[nH]c32)[C@H](O)[C@@H]1O. The van der Waals surface area contributed by atoms with E-state index in [9.17, 15) is 53.0 Å². The molecule has 292 valence electrons. The first kappa shape index (κ1) is 41.9. The summed E-state index contributed by atoms with van der Waals surface area (Å²) in [6.07, 6.45) is -2.62. The van der Waals surface area contributed by atoms with Crippen LogP contribution in [0, 0.1) is 4.64 Å². The van der Waals surface area contributed by atoms with Crippen LogP contribution in [-0.2, 0) is 45.7 Å². The largest absolute Gasteiger partial charge is 0.538 e. The fraction of sp³-hybridized carbons (Fsp3) is 0.667. The molecular formula is C24H39N8O16P3S. The second-order valence-corrected chi connectivity index (χ2v) is 16.7. The summed E-state index contributed by atoms with van der Waals surface area (Å²) in [7, 11) is -17.3. The van der Waals surface area contributed by atoms with Gasteiger partial charge in [0.05, 0.1) is 19.0 Å². The summed E-state index contributed by atoms with van der Waals surface area (Å²) in [5.41, 5.74) is 6.00. The Kier molecular flexibility index (Phi) is 14.1. The highest BCUT2D eigenvalue weighted by Gasteiger charge is 2.47. The van der Waals surface area contributed by atoms with Gasteiger partial charge in [0.1, 0.15) is 29.5 Å². The minimum Gasteiger partial charge on any atom is -0.387 e. The second-order valence-electron chi connectivity index (χ2n) is 11.7. The molecule has 0 spiro atoms. The van der Waals surface area contributed by atoms with Gasteiger partial charge in [0.2, 0.25) is 5.91 Å². The quantitative estimate of drug-likeness (QED) is 0.0524. The van der Waals surface area contributed by atoms with Crippen LogP contribution in [0.5, 0.6) is 0 Å². The Morgan fingerprint density at radius 3 is 2.44 bits per heavy atom. The zero-order chi connectivity index (χ0) is 38.4. The molecule has 2 aliphatic heterocycles. The molecule has 2 fully saturated rings. The van der Waals surface area contributed by atoms with Crippen LogP contribution in [0.2, 0.25) is 0 Å². The molecule has 3 amide bonds. The number of carbonyl (C=O) groups excluding carboxylic acids is 3. The van der Waals surface area contributed by atoms with Gasteiger partial charge in [-0.1, -0.05) is 25.1 Å². The van der Waals surface area contributed by atoms with E-state index in [2.05, 4.69) is 48.6 Å². The predicted molar refractivity (Wildman–Crippen MR) is 177 cm³/mol. The van der Waals surface area contributed by atoms with Crippen LogP contribution in [0.4, 0.5) is 10.7 Å². The number of nitrogens with one attached hydrogen (secondary N) is 4. The summed E-state index contributed by atoms with van der Waals surface area (Å²) in [6.45, 7) is 0.856. The predicted octanol–water partition coefficient (Wildman–Crippen LogP) is 0.501. The van der Waals surface area contributed by atoms with Gasteiger partial charge in [0, 0.05) is 25.4 Å². The zero-order valence-electron chi connectivity index (χ0n) is 27.3. The van der Waals surface area contributed by atoms with Crippen LogP contribution in [0.25, 0.3) is 11.2 Å². The van der Waals surface area contributed by atoms with E-state index >= 15 is 0 Å². The third kappa shape index (κ3) is 11.8. The maximum Gasteiger partial charge on any atom is 0.538 e. The van der Waals surface area contributed by atoms with E-state index in [0.29, 0.717) is 6.42 Å². The standard InChI is InChI=1S/C24H39N8O16P3S/c1-12-13(29-24(37)28-12)6-3-2-4-7-15(33)26-9-5-8-16(34)46-50(40,41)48-51(42,43)47-49(38,39)44-10-14-18(35)19(36)22(45-14)32-11-27-17-20(32)30-23(25)31-21(17)52/h11-14,18-19,22,35-36H,2-10H2,1H3,(H,26,33)(H,38,39)(H,40,41)(H,42,43)(H2,28,29,37)(H3,25,30,31,52)/t12?,13?,14-,18-,19-,22-/m1/s1. The Balaban J connectivity index is 1.15. The molecule has 24 nitrogen and oxygen atoms in total. The number of aromatic amines is 1. The van der Waals surface area contributed by atoms with Crippen molar-refractivity contribution >= 4 is 70.7 Å².